The Morgan fingerprint density at radius 2 is 2.08 bits per heavy atom. The molecule has 1 aliphatic heterocycles. The Hall–Kier alpha value is -2.05. The average molecular weight is 383 g/mol. The molecule has 3 aromatic rings. The standard InChI is InChI=1S/C20H22N4S2/c1-13-4-3-5-17-18(13)24-19(26-17)21-11-10-15-6-8-16(9-7-15)23-20-22-14(2)12-25-20/h3-9,14H,10-12H2,1-2H3,(H,21,24)(H,22,23)/t14-/m1/s1. The highest BCUT2D eigenvalue weighted by atomic mass is 32.2. The van der Waals surface area contributed by atoms with Gasteiger partial charge in [0.15, 0.2) is 10.3 Å². The van der Waals surface area contributed by atoms with Crippen molar-refractivity contribution in [3.8, 4) is 0 Å². The fourth-order valence-electron chi connectivity index (χ4n) is 2.89. The Morgan fingerprint density at radius 3 is 2.81 bits per heavy atom. The van der Waals surface area contributed by atoms with Gasteiger partial charge in [0.2, 0.25) is 0 Å². The number of nitrogens with one attached hydrogen (secondary N) is 2. The molecule has 6 heteroatoms. The molecule has 4 rings (SSSR count). The van der Waals surface area contributed by atoms with Crippen LogP contribution in [-0.2, 0) is 6.42 Å². The number of thiazole rings is 1. The van der Waals surface area contributed by atoms with E-state index in [4.69, 9.17) is 4.98 Å². The minimum Gasteiger partial charge on any atom is -0.361 e. The zero-order valence-electron chi connectivity index (χ0n) is 15.0. The van der Waals surface area contributed by atoms with E-state index in [2.05, 4.69) is 71.9 Å². The third-order valence-electron chi connectivity index (χ3n) is 4.32. The van der Waals surface area contributed by atoms with E-state index in [1.165, 1.54) is 15.8 Å². The van der Waals surface area contributed by atoms with Crippen molar-refractivity contribution in [2.75, 3.05) is 17.6 Å². The van der Waals surface area contributed by atoms with Crippen LogP contribution >= 0.6 is 23.1 Å². The molecule has 4 nitrogen and oxygen atoms in total. The summed E-state index contributed by atoms with van der Waals surface area (Å²) in [5.41, 5.74) is 4.65. The number of nitrogens with zero attached hydrogens (tertiary/aromatic N) is 2. The fourth-order valence-corrected chi connectivity index (χ4v) is 4.81. The van der Waals surface area contributed by atoms with Crippen molar-refractivity contribution in [2.45, 2.75) is 26.3 Å². The van der Waals surface area contributed by atoms with Gasteiger partial charge in [0.05, 0.1) is 15.9 Å². The fraction of sp³-hybridized carbons (Fsp3) is 0.300. The molecule has 0 bridgehead atoms. The molecule has 0 unspecified atom stereocenters. The lowest BCUT2D eigenvalue weighted by Gasteiger charge is -2.04. The summed E-state index contributed by atoms with van der Waals surface area (Å²) in [6, 6.07) is 15.3. The molecule has 0 spiro atoms. The first-order chi connectivity index (χ1) is 12.7. The topological polar surface area (TPSA) is 49.3 Å². The summed E-state index contributed by atoms with van der Waals surface area (Å²) in [5, 5.41) is 8.86. The molecule has 2 N–H and O–H groups in total. The molecule has 1 aliphatic rings. The van der Waals surface area contributed by atoms with E-state index in [0.717, 1.165) is 40.2 Å². The van der Waals surface area contributed by atoms with Crippen molar-refractivity contribution >= 4 is 49.3 Å². The summed E-state index contributed by atoms with van der Waals surface area (Å²) in [6.45, 7) is 5.16. The maximum atomic E-state index is 4.70. The molecular weight excluding hydrogens is 360 g/mol. The lowest BCUT2D eigenvalue weighted by Crippen LogP contribution is -2.22. The van der Waals surface area contributed by atoms with Crippen LogP contribution in [0, 0.1) is 6.92 Å². The predicted octanol–water partition coefficient (Wildman–Crippen LogP) is 4.97. The van der Waals surface area contributed by atoms with Crippen molar-refractivity contribution in [1.29, 1.82) is 0 Å². The second-order valence-electron chi connectivity index (χ2n) is 6.56. The molecule has 0 aliphatic carbocycles. The molecule has 2 aromatic carbocycles. The Morgan fingerprint density at radius 1 is 1.23 bits per heavy atom. The van der Waals surface area contributed by atoms with E-state index >= 15 is 0 Å². The number of aliphatic imine (C=N–C) groups is 1. The summed E-state index contributed by atoms with van der Waals surface area (Å²) in [5.74, 6) is 1.09. The normalized spacial score (nSPS) is 18.4. The van der Waals surface area contributed by atoms with E-state index in [-0.39, 0.29) is 0 Å². The van der Waals surface area contributed by atoms with Crippen LogP contribution < -0.4 is 10.6 Å². The highest BCUT2D eigenvalue weighted by Gasteiger charge is 2.15. The third kappa shape index (κ3) is 4.02. The van der Waals surface area contributed by atoms with E-state index in [1.54, 1.807) is 23.1 Å². The SMILES string of the molecule is Cc1cccc2sc(NCCc3ccc(/N=C4/N[C@H](C)CS4)cc3)nc12. The summed E-state index contributed by atoms with van der Waals surface area (Å²) >= 11 is 3.50. The first-order valence-corrected chi connectivity index (χ1v) is 10.6. The summed E-state index contributed by atoms with van der Waals surface area (Å²) < 4.78 is 1.24. The summed E-state index contributed by atoms with van der Waals surface area (Å²) in [7, 11) is 0. The number of hydrogen-bond donors (Lipinski definition) is 2. The highest BCUT2D eigenvalue weighted by molar-refractivity contribution is 8.14. The number of fused-ring (bicyclic) bond motifs is 1. The van der Waals surface area contributed by atoms with Crippen molar-refractivity contribution < 1.29 is 0 Å². The van der Waals surface area contributed by atoms with Crippen LogP contribution in [0.1, 0.15) is 18.1 Å². The summed E-state index contributed by atoms with van der Waals surface area (Å²) in [4.78, 5) is 9.36. The minimum absolute atomic E-state index is 0.510. The van der Waals surface area contributed by atoms with E-state index in [9.17, 15) is 0 Å². The van der Waals surface area contributed by atoms with Gasteiger partial charge in [0, 0.05) is 18.3 Å². The van der Waals surface area contributed by atoms with Gasteiger partial charge >= 0.3 is 0 Å². The van der Waals surface area contributed by atoms with Gasteiger partial charge < -0.3 is 10.6 Å². The Kier molecular flexibility index (Phi) is 5.13. The quantitative estimate of drug-likeness (QED) is 0.654. The van der Waals surface area contributed by atoms with Crippen LogP contribution in [0.15, 0.2) is 47.5 Å². The molecule has 1 atom stereocenters. The van der Waals surface area contributed by atoms with Gasteiger partial charge in [-0.2, -0.15) is 0 Å². The predicted molar refractivity (Wildman–Crippen MR) is 115 cm³/mol. The molecule has 0 radical (unpaired) electrons. The van der Waals surface area contributed by atoms with Crippen LogP contribution in [0.25, 0.3) is 10.2 Å². The molecule has 134 valence electrons. The number of aryl methyl sites for hydroxylation is 1. The largest absolute Gasteiger partial charge is 0.361 e. The maximum absolute atomic E-state index is 4.70. The molecule has 0 saturated carbocycles. The molecule has 26 heavy (non-hydrogen) atoms. The van der Waals surface area contributed by atoms with Crippen molar-refractivity contribution in [3.05, 3.63) is 53.6 Å². The monoisotopic (exact) mass is 382 g/mol. The Labute approximate surface area is 162 Å². The second-order valence-corrected chi connectivity index (χ2v) is 8.60. The van der Waals surface area contributed by atoms with Gasteiger partial charge in [-0.3, -0.25) is 0 Å². The molecular formula is C20H22N4S2. The van der Waals surface area contributed by atoms with Gasteiger partial charge in [-0.1, -0.05) is 47.4 Å². The van der Waals surface area contributed by atoms with Crippen LogP contribution in [0.3, 0.4) is 0 Å². The third-order valence-corrected chi connectivity index (χ3v) is 6.45. The molecule has 1 fully saturated rings. The first kappa shape index (κ1) is 17.4. The Balaban J connectivity index is 1.33. The van der Waals surface area contributed by atoms with Gasteiger partial charge in [-0.05, 0) is 49.6 Å². The number of amidine groups is 1. The molecule has 1 aromatic heterocycles. The smallest absolute Gasteiger partial charge is 0.183 e. The molecule has 1 saturated heterocycles. The van der Waals surface area contributed by atoms with Gasteiger partial charge in [0.1, 0.15) is 0 Å². The van der Waals surface area contributed by atoms with Crippen LogP contribution in [0.5, 0.6) is 0 Å². The van der Waals surface area contributed by atoms with Gasteiger partial charge in [-0.25, -0.2) is 9.98 Å². The van der Waals surface area contributed by atoms with E-state index < -0.39 is 0 Å². The zero-order chi connectivity index (χ0) is 17.9. The lowest BCUT2D eigenvalue weighted by molar-refractivity contribution is 0.768. The number of para-hydroxylation sites is 1. The number of aromatic nitrogens is 1. The van der Waals surface area contributed by atoms with Crippen molar-refractivity contribution in [2.24, 2.45) is 4.99 Å². The zero-order valence-corrected chi connectivity index (χ0v) is 16.6. The number of hydrogen-bond acceptors (Lipinski definition) is 5. The van der Waals surface area contributed by atoms with Crippen LogP contribution in [0.4, 0.5) is 10.8 Å². The van der Waals surface area contributed by atoms with Crippen molar-refractivity contribution in [3.63, 3.8) is 0 Å². The van der Waals surface area contributed by atoms with Gasteiger partial charge in [0.25, 0.3) is 0 Å². The van der Waals surface area contributed by atoms with E-state index in [0.29, 0.717) is 6.04 Å². The number of benzene rings is 2. The van der Waals surface area contributed by atoms with Crippen LogP contribution in [-0.4, -0.2) is 28.5 Å². The second kappa shape index (κ2) is 7.68. The number of rotatable bonds is 5. The first-order valence-electron chi connectivity index (χ1n) is 8.84. The van der Waals surface area contributed by atoms with Crippen molar-refractivity contribution in [1.82, 2.24) is 10.3 Å². The van der Waals surface area contributed by atoms with Gasteiger partial charge in [-0.15, -0.1) is 0 Å². The summed E-state index contributed by atoms with van der Waals surface area (Å²) in [6.07, 6.45) is 0.968. The number of anilines is 1. The van der Waals surface area contributed by atoms with E-state index in [1.807, 2.05) is 0 Å². The van der Waals surface area contributed by atoms with Crippen LogP contribution in [0.2, 0.25) is 0 Å². The molecule has 2 heterocycles. The molecule has 0 amide bonds. The minimum atomic E-state index is 0.510. The highest BCUT2D eigenvalue weighted by Crippen LogP contribution is 2.27. The lowest BCUT2D eigenvalue weighted by atomic mass is 10.1. The average Bonchev–Trinajstić information content (AvgIpc) is 3.23. The number of thioether (sulfide) groups is 1. The maximum Gasteiger partial charge on any atom is 0.183 e. The Bertz CT molecular complexity index is 931.